The molecule has 0 aliphatic heterocycles. The second-order valence-corrected chi connectivity index (χ2v) is 0.806. The van der Waals surface area contributed by atoms with Gasteiger partial charge in [0.15, 0.2) is 0 Å². The molecule has 0 aromatic heterocycles. The maximum atomic E-state index is 9.70. The Morgan fingerprint density at radius 3 is 1.71 bits per heavy atom. The summed E-state index contributed by atoms with van der Waals surface area (Å²) in [5.74, 6) is 0.00463. The van der Waals surface area contributed by atoms with Crippen LogP contribution in [-0.4, -0.2) is 19.7 Å². The highest BCUT2D eigenvalue weighted by Crippen LogP contribution is 1.45. The van der Waals surface area contributed by atoms with E-state index < -0.39 is 0 Å². The summed E-state index contributed by atoms with van der Waals surface area (Å²) in [5, 5.41) is 2.39. The largest absolute Gasteiger partial charge is 0.359 e. The Morgan fingerprint density at radius 1 is 1.57 bits per heavy atom. The predicted octanol–water partition coefficient (Wildman–Crippen LogP) is -0.433. The van der Waals surface area contributed by atoms with Crippen molar-refractivity contribution in [2.45, 2.75) is 6.92 Å². The fraction of sp³-hybridized carbons (Fsp3) is 0.500. The first-order valence-electron chi connectivity index (χ1n) is 1.74. The summed E-state index contributed by atoms with van der Waals surface area (Å²) in [6.45, 7) is 3.47. The van der Waals surface area contributed by atoms with Crippen molar-refractivity contribution in [3.05, 3.63) is 0 Å². The van der Waals surface area contributed by atoms with Crippen molar-refractivity contribution in [2.24, 2.45) is 0 Å². The summed E-state index contributed by atoms with van der Waals surface area (Å²) in [6.07, 6.45) is 0. The third kappa shape index (κ3) is 39.0. The van der Waals surface area contributed by atoms with Gasteiger partial charge in [-0.05, 0) is 0 Å². The van der Waals surface area contributed by atoms with Crippen molar-refractivity contribution in [1.82, 2.24) is 5.32 Å². The van der Waals surface area contributed by atoms with E-state index in [4.69, 9.17) is 4.79 Å². The molecule has 0 aromatic rings. The van der Waals surface area contributed by atoms with Crippen LogP contribution in [0.5, 0.6) is 0 Å². The molecular formula is C4H9NO2. The van der Waals surface area contributed by atoms with Crippen LogP contribution in [0.2, 0.25) is 0 Å². The minimum atomic E-state index is 0.00463. The van der Waals surface area contributed by atoms with E-state index in [0.717, 1.165) is 0 Å². The van der Waals surface area contributed by atoms with Crippen LogP contribution in [0.25, 0.3) is 0 Å². The van der Waals surface area contributed by atoms with Crippen molar-refractivity contribution in [3.63, 3.8) is 0 Å². The average Bonchev–Trinajstić information content (AvgIpc) is 1.73. The van der Waals surface area contributed by atoms with Gasteiger partial charge in [0.25, 0.3) is 0 Å². The van der Waals surface area contributed by atoms with Gasteiger partial charge in [0.1, 0.15) is 6.79 Å². The Morgan fingerprint density at radius 2 is 1.71 bits per heavy atom. The van der Waals surface area contributed by atoms with Gasteiger partial charge < -0.3 is 10.1 Å². The number of carbonyl (C=O) groups is 2. The van der Waals surface area contributed by atoms with Crippen LogP contribution in [0.15, 0.2) is 0 Å². The number of nitrogens with one attached hydrogen (secondary N) is 1. The molecule has 0 rings (SSSR count). The molecule has 1 amide bonds. The molecule has 3 heteroatoms. The number of hydrogen-bond donors (Lipinski definition) is 1. The highest BCUT2D eigenvalue weighted by atomic mass is 16.1. The fourth-order valence-electron chi connectivity index (χ4n) is 0. The van der Waals surface area contributed by atoms with Crippen molar-refractivity contribution >= 4 is 12.7 Å². The molecule has 0 saturated carbocycles. The molecule has 1 N–H and O–H groups in total. The second kappa shape index (κ2) is 8.94. The zero-order valence-electron chi connectivity index (χ0n) is 4.52. The minimum absolute atomic E-state index is 0.00463. The van der Waals surface area contributed by atoms with Gasteiger partial charge in [-0.3, -0.25) is 4.79 Å². The molecule has 0 atom stereocenters. The lowest BCUT2D eigenvalue weighted by atomic mass is 10.7. The standard InChI is InChI=1S/C3H7NO.CH2O/c1-3(5)4-2;1-2/h1-2H3,(H,4,5);1H2. The minimum Gasteiger partial charge on any atom is -0.359 e. The molecule has 0 saturated heterocycles. The van der Waals surface area contributed by atoms with E-state index in [0.29, 0.717) is 0 Å². The Hall–Kier alpha value is -0.860. The molecule has 0 bridgehead atoms. The first-order valence-corrected chi connectivity index (χ1v) is 1.74. The summed E-state index contributed by atoms with van der Waals surface area (Å²) < 4.78 is 0. The summed E-state index contributed by atoms with van der Waals surface area (Å²) in [4.78, 5) is 17.7. The van der Waals surface area contributed by atoms with E-state index >= 15 is 0 Å². The first kappa shape index (κ1) is 9.46. The summed E-state index contributed by atoms with van der Waals surface area (Å²) >= 11 is 0. The zero-order chi connectivity index (χ0) is 6.28. The van der Waals surface area contributed by atoms with Crippen LogP contribution < -0.4 is 5.32 Å². The van der Waals surface area contributed by atoms with Crippen LogP contribution in [0.3, 0.4) is 0 Å². The van der Waals surface area contributed by atoms with Crippen molar-refractivity contribution in [2.75, 3.05) is 7.05 Å². The molecule has 0 aromatic carbocycles. The molecule has 0 heterocycles. The quantitative estimate of drug-likeness (QED) is 0.452. The summed E-state index contributed by atoms with van der Waals surface area (Å²) in [7, 11) is 1.60. The Balaban J connectivity index is 0. The van der Waals surface area contributed by atoms with E-state index in [-0.39, 0.29) is 5.91 Å². The van der Waals surface area contributed by atoms with Gasteiger partial charge in [-0.2, -0.15) is 0 Å². The van der Waals surface area contributed by atoms with Crippen LogP contribution in [0.1, 0.15) is 6.92 Å². The maximum absolute atomic E-state index is 9.70. The summed E-state index contributed by atoms with van der Waals surface area (Å²) in [5.41, 5.74) is 0. The van der Waals surface area contributed by atoms with Crippen molar-refractivity contribution in [3.8, 4) is 0 Å². The van der Waals surface area contributed by atoms with Gasteiger partial charge in [0.05, 0.1) is 0 Å². The Kier molecular flexibility index (Phi) is 12.1. The van der Waals surface area contributed by atoms with Gasteiger partial charge in [0.2, 0.25) is 5.91 Å². The lowest BCUT2D eigenvalue weighted by Crippen LogP contribution is -2.11. The highest BCUT2D eigenvalue weighted by molar-refractivity contribution is 5.72. The van der Waals surface area contributed by atoms with Crippen molar-refractivity contribution in [1.29, 1.82) is 0 Å². The third-order valence-electron chi connectivity index (χ3n) is 0.352. The highest BCUT2D eigenvalue weighted by Gasteiger charge is 1.72. The van der Waals surface area contributed by atoms with Gasteiger partial charge in [-0.15, -0.1) is 0 Å². The maximum Gasteiger partial charge on any atom is 0.216 e. The third-order valence-corrected chi connectivity index (χ3v) is 0.352. The van der Waals surface area contributed by atoms with E-state index in [2.05, 4.69) is 5.32 Å². The Labute approximate surface area is 42.7 Å². The molecule has 0 fully saturated rings. The lowest BCUT2D eigenvalue weighted by Gasteiger charge is -1.80. The normalized spacial score (nSPS) is 5.43. The smallest absolute Gasteiger partial charge is 0.216 e. The van der Waals surface area contributed by atoms with E-state index in [1.165, 1.54) is 6.92 Å². The average molecular weight is 103 g/mol. The molecule has 0 spiro atoms. The van der Waals surface area contributed by atoms with E-state index in [1.54, 1.807) is 7.05 Å². The Bertz CT molecular complexity index is 53.7. The van der Waals surface area contributed by atoms with Gasteiger partial charge in [-0.25, -0.2) is 0 Å². The molecule has 7 heavy (non-hydrogen) atoms. The molecule has 0 aliphatic carbocycles. The van der Waals surface area contributed by atoms with Gasteiger partial charge in [0, 0.05) is 14.0 Å². The van der Waals surface area contributed by atoms with Crippen molar-refractivity contribution < 1.29 is 9.59 Å². The van der Waals surface area contributed by atoms with Crippen LogP contribution in [-0.2, 0) is 9.59 Å². The molecule has 0 unspecified atom stereocenters. The number of amides is 1. The number of carbonyl (C=O) groups excluding carboxylic acids is 2. The van der Waals surface area contributed by atoms with Gasteiger partial charge in [-0.1, -0.05) is 0 Å². The molecular weight excluding hydrogens is 94.0 g/mol. The number of hydrogen-bond acceptors (Lipinski definition) is 2. The summed E-state index contributed by atoms with van der Waals surface area (Å²) in [6, 6.07) is 0. The van der Waals surface area contributed by atoms with Crippen LogP contribution >= 0.6 is 0 Å². The van der Waals surface area contributed by atoms with Gasteiger partial charge >= 0.3 is 0 Å². The first-order chi connectivity index (χ1) is 3.27. The predicted molar refractivity (Wildman–Crippen MR) is 26.9 cm³/mol. The molecule has 0 radical (unpaired) electrons. The zero-order valence-corrected chi connectivity index (χ0v) is 4.52. The SMILES string of the molecule is C=O.CNC(C)=O. The van der Waals surface area contributed by atoms with Crippen LogP contribution in [0.4, 0.5) is 0 Å². The second-order valence-electron chi connectivity index (χ2n) is 0.806. The topological polar surface area (TPSA) is 46.2 Å². The monoisotopic (exact) mass is 103 g/mol. The molecule has 0 aliphatic rings. The van der Waals surface area contributed by atoms with E-state index in [1.807, 2.05) is 6.79 Å². The fourth-order valence-corrected chi connectivity index (χ4v) is 0. The molecule has 42 valence electrons. The number of rotatable bonds is 0. The van der Waals surface area contributed by atoms with E-state index in [9.17, 15) is 4.79 Å². The van der Waals surface area contributed by atoms with Crippen LogP contribution in [0, 0.1) is 0 Å². The molecule has 3 nitrogen and oxygen atoms in total. The lowest BCUT2D eigenvalue weighted by molar-refractivity contribution is -0.118.